The maximum atomic E-state index is 12.0. The molecule has 0 atom stereocenters. The fraction of sp³-hybridized carbons (Fsp3) is 0.222. The molecule has 0 aromatic heterocycles. The Morgan fingerprint density at radius 2 is 1.50 bits per heavy atom. The number of rotatable bonds is 3. The highest BCUT2D eigenvalue weighted by atomic mass is 32.3. The number of carbonyl (C=O) groups is 1. The lowest BCUT2D eigenvalue weighted by atomic mass is 10.2. The second-order valence-electron chi connectivity index (χ2n) is 3.58. The second-order valence-corrected chi connectivity index (χ2v) is 6.77. The minimum Gasteiger partial charge on any atom is -0.273 e. The SMILES string of the molecule is Cc1ccc(C(=O)S(=O)(=O)OS(=O)(=O)C(F)(F)F)cc1. The van der Waals surface area contributed by atoms with E-state index in [4.69, 9.17) is 0 Å². The average Bonchev–Trinajstić information content (AvgIpc) is 2.26. The van der Waals surface area contributed by atoms with Crippen molar-refractivity contribution in [3.05, 3.63) is 35.4 Å². The van der Waals surface area contributed by atoms with Gasteiger partial charge >= 0.3 is 30.9 Å². The van der Waals surface area contributed by atoms with Crippen LogP contribution in [-0.2, 0) is 23.9 Å². The van der Waals surface area contributed by atoms with Crippen molar-refractivity contribution in [2.45, 2.75) is 12.4 Å². The molecule has 0 bridgehead atoms. The van der Waals surface area contributed by atoms with Gasteiger partial charge in [-0.3, -0.25) is 4.79 Å². The quantitative estimate of drug-likeness (QED) is 0.775. The average molecular weight is 332 g/mol. The number of hydrogen-bond acceptors (Lipinski definition) is 6. The first-order valence-electron chi connectivity index (χ1n) is 4.75. The zero-order valence-electron chi connectivity index (χ0n) is 9.71. The molecule has 0 aliphatic heterocycles. The molecule has 0 aliphatic carbocycles. The molecule has 0 N–H and O–H groups in total. The Morgan fingerprint density at radius 3 is 1.90 bits per heavy atom. The third-order valence-electron chi connectivity index (χ3n) is 1.98. The van der Waals surface area contributed by atoms with E-state index >= 15 is 0 Å². The Morgan fingerprint density at radius 1 is 1.05 bits per heavy atom. The first kappa shape index (κ1) is 16.6. The highest BCUT2D eigenvalue weighted by Crippen LogP contribution is 2.27. The van der Waals surface area contributed by atoms with Crippen molar-refractivity contribution < 1.29 is 38.4 Å². The monoisotopic (exact) mass is 332 g/mol. The molecule has 0 fully saturated rings. The molecule has 11 heteroatoms. The van der Waals surface area contributed by atoms with Crippen LogP contribution in [0, 0.1) is 6.92 Å². The third kappa shape index (κ3) is 3.55. The van der Waals surface area contributed by atoms with Crippen LogP contribution in [0.1, 0.15) is 15.9 Å². The van der Waals surface area contributed by atoms with Gasteiger partial charge in [0.1, 0.15) is 0 Å². The van der Waals surface area contributed by atoms with E-state index in [1.54, 1.807) is 6.92 Å². The molecule has 0 unspecified atom stereocenters. The summed E-state index contributed by atoms with van der Waals surface area (Å²) in [6.07, 6.45) is 0. The normalized spacial score (nSPS) is 13.2. The van der Waals surface area contributed by atoms with Crippen LogP contribution >= 0.6 is 0 Å². The Hall–Kier alpha value is -1.46. The van der Waals surface area contributed by atoms with E-state index in [1.807, 2.05) is 0 Å². The van der Waals surface area contributed by atoms with E-state index in [9.17, 15) is 34.8 Å². The summed E-state index contributed by atoms with van der Waals surface area (Å²) in [5, 5.41) is -1.88. The first-order valence-corrected chi connectivity index (χ1v) is 7.57. The van der Waals surface area contributed by atoms with Crippen molar-refractivity contribution in [2.24, 2.45) is 0 Å². The summed E-state index contributed by atoms with van der Waals surface area (Å²) in [5.41, 5.74) is -5.82. The van der Waals surface area contributed by atoms with Gasteiger partial charge in [0.25, 0.3) is 0 Å². The Balaban J connectivity index is 3.13. The maximum absolute atomic E-state index is 12.0. The van der Waals surface area contributed by atoms with Crippen LogP contribution in [0.15, 0.2) is 24.3 Å². The van der Waals surface area contributed by atoms with Crippen molar-refractivity contribution in [1.29, 1.82) is 0 Å². The van der Waals surface area contributed by atoms with Crippen LogP contribution in [0.4, 0.5) is 13.2 Å². The molecule has 0 heterocycles. The van der Waals surface area contributed by atoms with Crippen molar-refractivity contribution >= 4 is 25.4 Å². The van der Waals surface area contributed by atoms with Crippen LogP contribution in [0.5, 0.6) is 0 Å². The molecule has 1 aromatic carbocycles. The lowest BCUT2D eigenvalue weighted by Gasteiger charge is -2.07. The smallest absolute Gasteiger partial charge is 0.273 e. The molecule has 0 amide bonds. The van der Waals surface area contributed by atoms with E-state index < -0.39 is 36.4 Å². The molecule has 112 valence electrons. The fourth-order valence-electron chi connectivity index (χ4n) is 1.02. The minimum atomic E-state index is -6.43. The Kier molecular flexibility index (Phi) is 4.27. The minimum absolute atomic E-state index is 0.520. The molecule has 0 saturated carbocycles. The molecular formula is C9H7F3O6S2. The van der Waals surface area contributed by atoms with Gasteiger partial charge in [0.05, 0.1) is 0 Å². The number of benzene rings is 1. The van der Waals surface area contributed by atoms with Crippen LogP contribution in [0.2, 0.25) is 0 Å². The van der Waals surface area contributed by atoms with Crippen molar-refractivity contribution in [3.8, 4) is 0 Å². The van der Waals surface area contributed by atoms with Gasteiger partial charge in [0, 0.05) is 5.56 Å². The summed E-state index contributed by atoms with van der Waals surface area (Å²) < 4.78 is 82.6. The van der Waals surface area contributed by atoms with Gasteiger partial charge in [-0.25, -0.2) is 0 Å². The molecule has 0 spiro atoms. The summed E-state index contributed by atoms with van der Waals surface area (Å²) in [6.45, 7) is 1.62. The Bertz CT molecular complexity index is 716. The van der Waals surface area contributed by atoms with Crippen molar-refractivity contribution in [1.82, 2.24) is 0 Å². The van der Waals surface area contributed by atoms with Gasteiger partial charge in [0.15, 0.2) is 0 Å². The molecule has 20 heavy (non-hydrogen) atoms. The van der Waals surface area contributed by atoms with Gasteiger partial charge in [0.2, 0.25) is 0 Å². The zero-order chi connectivity index (χ0) is 15.8. The number of alkyl halides is 3. The first-order chi connectivity index (χ1) is 8.87. The zero-order valence-corrected chi connectivity index (χ0v) is 11.3. The van der Waals surface area contributed by atoms with Gasteiger partial charge in [-0.2, -0.15) is 30.0 Å². The Labute approximate surface area is 112 Å². The molecule has 1 aromatic rings. The van der Waals surface area contributed by atoms with Crippen molar-refractivity contribution in [2.75, 3.05) is 0 Å². The summed E-state index contributed by atoms with van der Waals surface area (Å²) >= 11 is 0. The molecule has 6 nitrogen and oxygen atoms in total. The molecule has 0 aliphatic rings. The number of hydrogen-bond donors (Lipinski definition) is 0. The number of aryl methyl sites for hydroxylation is 1. The van der Waals surface area contributed by atoms with E-state index in [0.717, 1.165) is 12.1 Å². The predicted molar refractivity (Wildman–Crippen MR) is 60.5 cm³/mol. The van der Waals surface area contributed by atoms with E-state index in [-0.39, 0.29) is 0 Å². The molecule has 1 rings (SSSR count). The largest absolute Gasteiger partial charge is 0.524 e. The van der Waals surface area contributed by atoms with E-state index in [2.05, 4.69) is 3.63 Å². The fourth-order valence-corrected chi connectivity index (χ4v) is 2.95. The highest BCUT2D eigenvalue weighted by Gasteiger charge is 2.51. The molecule has 0 radical (unpaired) electrons. The van der Waals surface area contributed by atoms with Gasteiger partial charge < -0.3 is 0 Å². The van der Waals surface area contributed by atoms with Crippen LogP contribution in [0.3, 0.4) is 0 Å². The highest BCUT2D eigenvalue weighted by molar-refractivity contribution is 8.09. The lowest BCUT2D eigenvalue weighted by molar-refractivity contribution is -0.0498. The number of halogens is 3. The summed E-state index contributed by atoms with van der Waals surface area (Å²) in [4.78, 5) is 11.4. The van der Waals surface area contributed by atoms with Gasteiger partial charge in [-0.05, 0) is 19.1 Å². The van der Waals surface area contributed by atoms with Crippen molar-refractivity contribution in [3.63, 3.8) is 0 Å². The van der Waals surface area contributed by atoms with Crippen LogP contribution in [-0.4, -0.2) is 27.5 Å². The second kappa shape index (κ2) is 5.14. The lowest BCUT2D eigenvalue weighted by Crippen LogP contribution is -2.31. The molecule has 0 saturated heterocycles. The van der Waals surface area contributed by atoms with E-state index in [0.29, 0.717) is 5.56 Å². The predicted octanol–water partition coefficient (Wildman–Crippen LogP) is 1.33. The third-order valence-corrected chi connectivity index (χ3v) is 4.67. The van der Waals surface area contributed by atoms with Gasteiger partial charge in [-0.15, -0.1) is 3.63 Å². The van der Waals surface area contributed by atoms with E-state index in [1.165, 1.54) is 12.1 Å². The summed E-state index contributed by atoms with van der Waals surface area (Å²) in [7, 11) is -12.0. The summed E-state index contributed by atoms with van der Waals surface area (Å²) in [5.74, 6) is 0. The van der Waals surface area contributed by atoms with Crippen LogP contribution in [0.25, 0.3) is 0 Å². The maximum Gasteiger partial charge on any atom is 0.524 e. The number of carbonyl (C=O) groups excluding carboxylic acids is 1. The topological polar surface area (TPSA) is 94.6 Å². The van der Waals surface area contributed by atoms with Gasteiger partial charge in [-0.1, -0.05) is 17.7 Å². The summed E-state index contributed by atoms with van der Waals surface area (Å²) in [6, 6.07) is 4.67. The standard InChI is InChI=1S/C9H7F3O6S2/c1-6-2-4-7(5-3-6)8(13)19(14,15)18-20(16,17)9(10,11)12/h2-5H,1H3. The van der Waals surface area contributed by atoms with Crippen LogP contribution < -0.4 is 0 Å². The molecular weight excluding hydrogens is 325 g/mol.